The monoisotopic (exact) mass is 384 g/mol. The van der Waals surface area contributed by atoms with Crippen LogP contribution in [0.2, 0.25) is 0 Å². The molecule has 0 radical (unpaired) electrons. The van der Waals surface area contributed by atoms with E-state index in [4.69, 9.17) is 4.42 Å². The summed E-state index contributed by atoms with van der Waals surface area (Å²) in [6.07, 6.45) is 2.96. The molecule has 0 unspecified atom stereocenters. The van der Waals surface area contributed by atoms with E-state index in [9.17, 15) is 4.79 Å². The first kappa shape index (κ1) is 17.7. The zero-order valence-electron chi connectivity index (χ0n) is 15.2. The van der Waals surface area contributed by atoms with Crippen LogP contribution < -0.4 is 5.32 Å². The average molecular weight is 384 g/mol. The fraction of sp³-hybridized carbons (Fsp3) is 0.389. The van der Waals surface area contributed by atoms with Gasteiger partial charge in [0.05, 0.1) is 11.4 Å². The van der Waals surface area contributed by atoms with Crippen molar-refractivity contribution < 1.29 is 9.21 Å². The van der Waals surface area contributed by atoms with E-state index in [2.05, 4.69) is 30.3 Å². The van der Waals surface area contributed by atoms with Crippen LogP contribution in [0.4, 0.5) is 5.69 Å². The van der Waals surface area contributed by atoms with Gasteiger partial charge in [0.15, 0.2) is 5.16 Å². The molecule has 1 aliphatic rings. The maximum Gasteiger partial charge on any atom is 0.226 e. The number of aromatic nitrogens is 5. The number of benzene rings is 1. The minimum atomic E-state index is -0.101. The van der Waals surface area contributed by atoms with Crippen molar-refractivity contribution in [3.05, 3.63) is 41.9 Å². The molecule has 1 N–H and O–H groups in total. The number of nitrogens with one attached hydrogen (secondary N) is 1. The summed E-state index contributed by atoms with van der Waals surface area (Å²) in [4.78, 5) is 11.4. The van der Waals surface area contributed by atoms with Gasteiger partial charge in [0, 0.05) is 24.9 Å². The SMILES string of the molecule is CCc1nnc(CSc2nnc(C3CC3)n2-c2cccc(NC(C)=O)c2)o1. The molecule has 0 atom stereocenters. The van der Waals surface area contributed by atoms with Gasteiger partial charge >= 0.3 is 0 Å². The van der Waals surface area contributed by atoms with Crippen molar-refractivity contribution in [1.82, 2.24) is 25.0 Å². The van der Waals surface area contributed by atoms with E-state index < -0.39 is 0 Å². The molecule has 2 heterocycles. The molecule has 140 valence electrons. The summed E-state index contributed by atoms with van der Waals surface area (Å²) in [5.41, 5.74) is 1.67. The molecular weight excluding hydrogens is 364 g/mol. The topological polar surface area (TPSA) is 98.7 Å². The van der Waals surface area contributed by atoms with Crippen molar-refractivity contribution >= 4 is 23.4 Å². The highest BCUT2D eigenvalue weighted by molar-refractivity contribution is 7.98. The molecule has 0 bridgehead atoms. The second-order valence-electron chi connectivity index (χ2n) is 6.41. The molecule has 1 amide bonds. The molecule has 27 heavy (non-hydrogen) atoms. The predicted molar refractivity (Wildman–Crippen MR) is 101 cm³/mol. The van der Waals surface area contributed by atoms with Crippen LogP contribution in [-0.2, 0) is 17.0 Å². The largest absolute Gasteiger partial charge is 0.424 e. The first-order valence-corrected chi connectivity index (χ1v) is 9.90. The molecule has 2 aromatic heterocycles. The van der Waals surface area contributed by atoms with Gasteiger partial charge < -0.3 is 9.73 Å². The van der Waals surface area contributed by atoms with Crippen molar-refractivity contribution in [2.75, 3.05) is 5.32 Å². The molecule has 0 saturated heterocycles. The number of anilines is 1. The fourth-order valence-corrected chi connectivity index (χ4v) is 3.56. The molecule has 8 nitrogen and oxygen atoms in total. The van der Waals surface area contributed by atoms with Crippen molar-refractivity contribution in [2.24, 2.45) is 0 Å². The molecule has 0 spiro atoms. The third-order valence-corrected chi connectivity index (χ3v) is 5.08. The number of nitrogens with zero attached hydrogens (tertiary/aromatic N) is 5. The van der Waals surface area contributed by atoms with Crippen molar-refractivity contribution in [3.63, 3.8) is 0 Å². The summed E-state index contributed by atoms with van der Waals surface area (Å²) in [5.74, 6) is 3.03. The van der Waals surface area contributed by atoms with E-state index in [1.54, 1.807) is 0 Å². The quantitative estimate of drug-likeness (QED) is 0.624. The number of hydrogen-bond acceptors (Lipinski definition) is 7. The van der Waals surface area contributed by atoms with Crippen LogP contribution in [0.3, 0.4) is 0 Å². The lowest BCUT2D eigenvalue weighted by Gasteiger charge is -2.11. The smallest absolute Gasteiger partial charge is 0.226 e. The number of carbonyl (C=O) groups excluding carboxylic acids is 1. The number of thioether (sulfide) groups is 1. The van der Waals surface area contributed by atoms with E-state index in [1.807, 2.05) is 31.2 Å². The maximum absolute atomic E-state index is 11.4. The Bertz CT molecular complexity index is 962. The van der Waals surface area contributed by atoms with Gasteiger partial charge in [-0.1, -0.05) is 24.8 Å². The Balaban J connectivity index is 1.62. The zero-order valence-corrected chi connectivity index (χ0v) is 16.0. The van der Waals surface area contributed by atoms with Gasteiger partial charge in [-0.3, -0.25) is 9.36 Å². The third-order valence-electron chi connectivity index (χ3n) is 4.16. The van der Waals surface area contributed by atoms with Crippen LogP contribution in [0.25, 0.3) is 5.69 Å². The van der Waals surface area contributed by atoms with Gasteiger partial charge in [-0.2, -0.15) is 0 Å². The van der Waals surface area contributed by atoms with Crippen LogP contribution in [0.1, 0.15) is 50.2 Å². The molecule has 4 rings (SSSR count). The Morgan fingerprint density at radius 1 is 1.26 bits per heavy atom. The van der Waals surface area contributed by atoms with E-state index in [1.165, 1.54) is 18.7 Å². The lowest BCUT2D eigenvalue weighted by atomic mass is 10.2. The minimum absolute atomic E-state index is 0.101. The second-order valence-corrected chi connectivity index (χ2v) is 7.36. The van der Waals surface area contributed by atoms with E-state index >= 15 is 0 Å². The Morgan fingerprint density at radius 3 is 2.78 bits per heavy atom. The molecule has 0 aliphatic heterocycles. The van der Waals surface area contributed by atoms with Crippen LogP contribution in [-0.4, -0.2) is 30.9 Å². The summed E-state index contributed by atoms with van der Waals surface area (Å²) in [5, 5.41) is 20.5. The van der Waals surface area contributed by atoms with Gasteiger partial charge in [0.2, 0.25) is 17.7 Å². The molecule has 3 aromatic rings. The van der Waals surface area contributed by atoms with Gasteiger partial charge in [0.1, 0.15) is 5.82 Å². The highest BCUT2D eigenvalue weighted by Gasteiger charge is 2.31. The van der Waals surface area contributed by atoms with Gasteiger partial charge in [-0.25, -0.2) is 0 Å². The van der Waals surface area contributed by atoms with E-state index in [-0.39, 0.29) is 5.91 Å². The van der Waals surface area contributed by atoms with Crippen molar-refractivity contribution in [2.45, 2.75) is 49.9 Å². The molecule has 1 aromatic carbocycles. The predicted octanol–water partition coefficient (Wildman–Crippen LogP) is 3.34. The van der Waals surface area contributed by atoms with Gasteiger partial charge in [-0.15, -0.1) is 20.4 Å². The molecule has 9 heteroatoms. The molecular formula is C18H20N6O2S. The summed E-state index contributed by atoms with van der Waals surface area (Å²) < 4.78 is 7.64. The lowest BCUT2D eigenvalue weighted by molar-refractivity contribution is -0.114. The van der Waals surface area contributed by atoms with Crippen LogP contribution >= 0.6 is 11.8 Å². The number of aryl methyl sites for hydroxylation is 1. The van der Waals surface area contributed by atoms with Crippen molar-refractivity contribution in [3.8, 4) is 5.69 Å². The van der Waals surface area contributed by atoms with E-state index in [0.29, 0.717) is 23.5 Å². The van der Waals surface area contributed by atoms with Gasteiger partial charge in [0.25, 0.3) is 0 Å². The normalized spacial score (nSPS) is 13.7. The van der Waals surface area contributed by atoms with Crippen LogP contribution in [0.5, 0.6) is 0 Å². The fourth-order valence-electron chi connectivity index (χ4n) is 2.77. The van der Waals surface area contributed by atoms with E-state index in [0.717, 1.165) is 41.6 Å². The Kier molecular flexibility index (Phi) is 4.93. The molecule has 1 saturated carbocycles. The number of carbonyl (C=O) groups is 1. The standard InChI is InChI=1S/C18H20N6O2S/c1-3-15-20-21-16(26-15)10-27-18-23-22-17(12-7-8-12)24(18)14-6-4-5-13(9-14)19-11(2)25/h4-6,9,12H,3,7-8,10H2,1-2H3,(H,19,25). The maximum atomic E-state index is 11.4. The first-order chi connectivity index (χ1) is 13.1. The third kappa shape index (κ3) is 4.02. The summed E-state index contributed by atoms with van der Waals surface area (Å²) in [6, 6.07) is 7.70. The average Bonchev–Trinajstić information content (AvgIpc) is 3.24. The summed E-state index contributed by atoms with van der Waals surface area (Å²) in [6.45, 7) is 3.47. The lowest BCUT2D eigenvalue weighted by Crippen LogP contribution is -2.07. The Hall–Kier alpha value is -2.68. The van der Waals surface area contributed by atoms with Crippen LogP contribution in [0.15, 0.2) is 33.8 Å². The molecule has 1 aliphatic carbocycles. The number of rotatable bonds is 7. The zero-order chi connectivity index (χ0) is 18.8. The van der Waals surface area contributed by atoms with Crippen LogP contribution in [0, 0.1) is 0 Å². The first-order valence-electron chi connectivity index (χ1n) is 8.91. The summed E-state index contributed by atoms with van der Waals surface area (Å²) in [7, 11) is 0. The van der Waals surface area contributed by atoms with Crippen molar-refractivity contribution in [1.29, 1.82) is 0 Å². The summed E-state index contributed by atoms with van der Waals surface area (Å²) >= 11 is 1.51. The highest BCUT2D eigenvalue weighted by Crippen LogP contribution is 2.41. The minimum Gasteiger partial charge on any atom is -0.424 e. The number of hydrogen-bond donors (Lipinski definition) is 1. The Morgan fingerprint density at radius 2 is 2.07 bits per heavy atom. The molecule has 1 fully saturated rings. The highest BCUT2D eigenvalue weighted by atomic mass is 32.2. The second kappa shape index (κ2) is 7.51. The van der Waals surface area contributed by atoms with Gasteiger partial charge in [-0.05, 0) is 31.0 Å². The Labute approximate surface area is 160 Å². The number of amides is 1.